The number of aromatic nitrogens is 5. The first kappa shape index (κ1) is 16.2. The van der Waals surface area contributed by atoms with Crippen molar-refractivity contribution in [3.8, 4) is 5.69 Å². The summed E-state index contributed by atoms with van der Waals surface area (Å²) in [6, 6.07) is 16.6. The smallest absolute Gasteiger partial charge is 0.160 e. The Morgan fingerprint density at radius 2 is 2.00 bits per heavy atom. The second kappa shape index (κ2) is 6.96. The molecule has 0 radical (unpaired) electrons. The van der Waals surface area contributed by atoms with Gasteiger partial charge in [-0.1, -0.05) is 18.2 Å². The number of hydrogen-bond donors (Lipinski definition) is 0. The van der Waals surface area contributed by atoms with Gasteiger partial charge in [0.15, 0.2) is 5.65 Å². The standard InChI is InChI=1S/C21H22N6/c1-2-12-26-20(9-1)23-24-21(26)18-7-4-11-25(16-18)15-17-6-3-8-19(14-17)27-13-5-10-22-27/h1-3,5-6,8-10,12-14,18H,4,7,11,15-16H2. The van der Waals surface area contributed by atoms with Gasteiger partial charge < -0.3 is 0 Å². The summed E-state index contributed by atoms with van der Waals surface area (Å²) in [7, 11) is 0. The van der Waals surface area contributed by atoms with Crippen LogP contribution in [-0.4, -0.2) is 42.4 Å². The highest BCUT2D eigenvalue weighted by atomic mass is 15.3. The number of fused-ring (bicyclic) bond motifs is 1. The lowest BCUT2D eigenvalue weighted by atomic mass is 9.96. The molecule has 0 spiro atoms. The fourth-order valence-electron chi connectivity index (χ4n) is 4.03. The highest BCUT2D eigenvalue weighted by Crippen LogP contribution is 2.27. The molecule has 0 aliphatic carbocycles. The summed E-state index contributed by atoms with van der Waals surface area (Å²) in [6.07, 6.45) is 8.21. The number of piperidine rings is 1. The molecule has 4 heterocycles. The van der Waals surface area contributed by atoms with Gasteiger partial charge in [-0.2, -0.15) is 5.10 Å². The molecule has 1 unspecified atom stereocenters. The predicted octanol–water partition coefficient (Wildman–Crippen LogP) is 3.29. The van der Waals surface area contributed by atoms with E-state index in [2.05, 4.69) is 55.1 Å². The average Bonchev–Trinajstić information content (AvgIpc) is 3.39. The summed E-state index contributed by atoms with van der Waals surface area (Å²) in [4.78, 5) is 2.53. The minimum absolute atomic E-state index is 0.422. The van der Waals surface area contributed by atoms with Crippen molar-refractivity contribution in [2.45, 2.75) is 25.3 Å². The van der Waals surface area contributed by atoms with Crippen LogP contribution >= 0.6 is 0 Å². The molecule has 1 fully saturated rings. The maximum absolute atomic E-state index is 4.48. The van der Waals surface area contributed by atoms with Crippen molar-refractivity contribution in [3.63, 3.8) is 0 Å². The van der Waals surface area contributed by atoms with Gasteiger partial charge in [0, 0.05) is 37.6 Å². The maximum Gasteiger partial charge on any atom is 0.160 e. The van der Waals surface area contributed by atoms with Crippen LogP contribution in [0.3, 0.4) is 0 Å². The van der Waals surface area contributed by atoms with Crippen LogP contribution in [0.1, 0.15) is 30.1 Å². The van der Waals surface area contributed by atoms with Gasteiger partial charge in [0.2, 0.25) is 0 Å². The van der Waals surface area contributed by atoms with Gasteiger partial charge in [0.05, 0.1) is 5.69 Å². The number of likely N-dealkylation sites (tertiary alicyclic amines) is 1. The molecule has 4 aromatic rings. The van der Waals surface area contributed by atoms with E-state index in [1.807, 2.05) is 41.3 Å². The third-order valence-electron chi connectivity index (χ3n) is 5.30. The Kier molecular flexibility index (Phi) is 4.18. The Morgan fingerprint density at radius 1 is 1.00 bits per heavy atom. The zero-order valence-corrected chi connectivity index (χ0v) is 15.1. The van der Waals surface area contributed by atoms with Crippen LogP contribution in [0.2, 0.25) is 0 Å². The fraction of sp³-hybridized carbons (Fsp3) is 0.286. The second-order valence-electron chi connectivity index (χ2n) is 7.18. The van der Waals surface area contributed by atoms with E-state index in [4.69, 9.17) is 0 Å². The van der Waals surface area contributed by atoms with Crippen LogP contribution in [0, 0.1) is 0 Å². The van der Waals surface area contributed by atoms with Crippen LogP contribution < -0.4 is 0 Å². The van der Waals surface area contributed by atoms with Crippen molar-refractivity contribution >= 4 is 5.65 Å². The summed E-state index contributed by atoms with van der Waals surface area (Å²) >= 11 is 0. The summed E-state index contributed by atoms with van der Waals surface area (Å²) in [6.45, 7) is 3.09. The third-order valence-corrected chi connectivity index (χ3v) is 5.30. The lowest BCUT2D eigenvalue weighted by molar-refractivity contribution is 0.196. The molecule has 1 aromatic carbocycles. The minimum atomic E-state index is 0.422. The van der Waals surface area contributed by atoms with Crippen molar-refractivity contribution in [2.75, 3.05) is 13.1 Å². The molecular weight excluding hydrogens is 336 g/mol. The first-order valence-corrected chi connectivity index (χ1v) is 9.48. The van der Waals surface area contributed by atoms with E-state index >= 15 is 0 Å². The van der Waals surface area contributed by atoms with Crippen molar-refractivity contribution in [3.05, 3.63) is 78.5 Å². The highest BCUT2D eigenvalue weighted by Gasteiger charge is 2.25. The van der Waals surface area contributed by atoms with E-state index in [9.17, 15) is 0 Å². The molecule has 1 aliphatic rings. The first-order valence-electron chi connectivity index (χ1n) is 9.48. The monoisotopic (exact) mass is 358 g/mol. The summed E-state index contributed by atoms with van der Waals surface area (Å²) in [5.74, 6) is 1.51. The zero-order chi connectivity index (χ0) is 18.1. The quantitative estimate of drug-likeness (QED) is 0.562. The zero-order valence-electron chi connectivity index (χ0n) is 15.1. The Hall–Kier alpha value is -2.99. The normalized spacial score (nSPS) is 18.1. The molecule has 3 aromatic heterocycles. The van der Waals surface area contributed by atoms with Gasteiger partial charge >= 0.3 is 0 Å². The molecule has 0 saturated carbocycles. The van der Waals surface area contributed by atoms with E-state index in [1.165, 1.54) is 18.4 Å². The molecule has 6 nitrogen and oxygen atoms in total. The number of rotatable bonds is 4. The maximum atomic E-state index is 4.48. The molecule has 0 N–H and O–H groups in total. The SMILES string of the molecule is c1cc(CN2CCCC(c3nnc4ccccn34)C2)cc(-n2cccn2)c1. The first-order chi connectivity index (χ1) is 13.4. The molecular formula is C21H22N6. The number of pyridine rings is 1. The number of benzene rings is 1. The van der Waals surface area contributed by atoms with Gasteiger partial charge in [0.25, 0.3) is 0 Å². The van der Waals surface area contributed by atoms with E-state index in [-0.39, 0.29) is 0 Å². The molecule has 1 atom stereocenters. The van der Waals surface area contributed by atoms with Crippen molar-refractivity contribution < 1.29 is 0 Å². The van der Waals surface area contributed by atoms with E-state index < -0.39 is 0 Å². The van der Waals surface area contributed by atoms with Crippen molar-refractivity contribution in [2.24, 2.45) is 0 Å². The lowest BCUT2D eigenvalue weighted by Gasteiger charge is -2.32. The van der Waals surface area contributed by atoms with Gasteiger partial charge in [0.1, 0.15) is 5.82 Å². The van der Waals surface area contributed by atoms with Crippen LogP contribution in [0.15, 0.2) is 67.1 Å². The molecule has 136 valence electrons. The van der Waals surface area contributed by atoms with Crippen molar-refractivity contribution in [1.82, 2.24) is 29.3 Å². The van der Waals surface area contributed by atoms with Crippen LogP contribution in [0.5, 0.6) is 0 Å². The average molecular weight is 358 g/mol. The minimum Gasteiger partial charge on any atom is -0.298 e. The van der Waals surface area contributed by atoms with Gasteiger partial charge in [-0.15, -0.1) is 10.2 Å². The third kappa shape index (κ3) is 3.24. The predicted molar refractivity (Wildman–Crippen MR) is 104 cm³/mol. The lowest BCUT2D eigenvalue weighted by Crippen LogP contribution is -2.34. The molecule has 5 rings (SSSR count). The van der Waals surface area contributed by atoms with E-state index in [1.54, 1.807) is 0 Å². The second-order valence-corrected chi connectivity index (χ2v) is 7.18. The summed E-state index contributed by atoms with van der Waals surface area (Å²) in [5, 5.41) is 13.1. The molecule has 6 heteroatoms. The number of hydrogen-bond acceptors (Lipinski definition) is 4. The van der Waals surface area contributed by atoms with Crippen LogP contribution in [-0.2, 0) is 6.54 Å². The molecule has 1 saturated heterocycles. The van der Waals surface area contributed by atoms with E-state index in [0.29, 0.717) is 5.92 Å². The van der Waals surface area contributed by atoms with Crippen LogP contribution in [0.25, 0.3) is 11.3 Å². The van der Waals surface area contributed by atoms with E-state index in [0.717, 1.165) is 36.8 Å². The summed E-state index contributed by atoms with van der Waals surface area (Å²) in [5.41, 5.74) is 3.35. The fourth-order valence-corrected chi connectivity index (χ4v) is 4.03. The Labute approximate surface area is 158 Å². The Morgan fingerprint density at radius 3 is 2.93 bits per heavy atom. The highest BCUT2D eigenvalue weighted by molar-refractivity contribution is 5.38. The molecule has 1 aliphatic heterocycles. The Balaban J connectivity index is 1.34. The van der Waals surface area contributed by atoms with Gasteiger partial charge in [-0.05, 0) is 55.3 Å². The number of nitrogens with zero attached hydrogens (tertiary/aromatic N) is 6. The van der Waals surface area contributed by atoms with Gasteiger partial charge in [-0.3, -0.25) is 9.30 Å². The molecule has 0 bridgehead atoms. The van der Waals surface area contributed by atoms with Crippen LogP contribution in [0.4, 0.5) is 0 Å². The topological polar surface area (TPSA) is 51.3 Å². The molecule has 0 amide bonds. The Bertz CT molecular complexity index is 1040. The summed E-state index contributed by atoms with van der Waals surface area (Å²) < 4.78 is 4.04. The van der Waals surface area contributed by atoms with Gasteiger partial charge in [-0.25, -0.2) is 4.68 Å². The molecule has 27 heavy (non-hydrogen) atoms. The largest absolute Gasteiger partial charge is 0.298 e. The van der Waals surface area contributed by atoms with Crippen molar-refractivity contribution in [1.29, 1.82) is 0 Å².